The highest BCUT2D eigenvalue weighted by atomic mass is 16.7. The van der Waals surface area contributed by atoms with E-state index in [-0.39, 0.29) is 29.5 Å². The lowest BCUT2D eigenvalue weighted by Gasteiger charge is -2.63. The van der Waals surface area contributed by atoms with E-state index in [1.165, 1.54) is 6.92 Å². The Labute approximate surface area is 177 Å². The Bertz CT molecular complexity index is 842. The predicted octanol–water partition coefficient (Wildman–Crippen LogP) is 2.69. The zero-order valence-electron chi connectivity index (χ0n) is 18.6. The molecule has 7 atom stereocenters. The monoisotopic (exact) mass is 420 g/mol. The van der Waals surface area contributed by atoms with E-state index < -0.39 is 34.6 Å². The van der Waals surface area contributed by atoms with Gasteiger partial charge in [-0.05, 0) is 39.0 Å². The van der Waals surface area contributed by atoms with Gasteiger partial charge in [-0.15, -0.1) is 0 Å². The summed E-state index contributed by atoms with van der Waals surface area (Å²) in [5, 5.41) is 10.9. The molecule has 0 unspecified atom stereocenters. The second-order valence-electron chi connectivity index (χ2n) is 10.5. The number of ketones is 2. The summed E-state index contributed by atoms with van der Waals surface area (Å²) in [4.78, 5) is 38.0. The Hall–Kier alpha value is -1.89. The molecule has 2 heterocycles. The van der Waals surface area contributed by atoms with Crippen LogP contribution in [0.5, 0.6) is 0 Å². The molecular weight excluding hydrogens is 388 g/mol. The van der Waals surface area contributed by atoms with Crippen LogP contribution >= 0.6 is 0 Å². The van der Waals surface area contributed by atoms with E-state index in [1.807, 2.05) is 34.6 Å². The lowest BCUT2D eigenvalue weighted by Crippen LogP contribution is -2.70. The van der Waals surface area contributed by atoms with Crippen molar-refractivity contribution in [1.29, 1.82) is 0 Å². The fourth-order valence-corrected chi connectivity index (χ4v) is 6.77. The number of hydrogen-bond acceptors (Lipinski definition) is 7. The first-order chi connectivity index (χ1) is 13.8. The molecule has 0 amide bonds. The minimum atomic E-state index is -1.42. The second-order valence-corrected chi connectivity index (χ2v) is 10.5. The Balaban J connectivity index is 1.78. The van der Waals surface area contributed by atoms with Crippen LogP contribution in [0.2, 0.25) is 0 Å². The molecule has 2 fully saturated rings. The van der Waals surface area contributed by atoms with Gasteiger partial charge < -0.3 is 19.3 Å². The molecule has 0 spiro atoms. The van der Waals surface area contributed by atoms with Crippen LogP contribution in [-0.4, -0.2) is 46.6 Å². The maximum Gasteiger partial charge on any atom is 0.303 e. The molecule has 2 aliphatic carbocycles. The van der Waals surface area contributed by atoms with Gasteiger partial charge in [0.15, 0.2) is 17.7 Å². The molecule has 166 valence electrons. The van der Waals surface area contributed by atoms with Crippen molar-refractivity contribution in [1.82, 2.24) is 0 Å². The number of rotatable bonds is 1. The molecule has 30 heavy (non-hydrogen) atoms. The van der Waals surface area contributed by atoms with Crippen LogP contribution in [0.3, 0.4) is 0 Å². The summed E-state index contributed by atoms with van der Waals surface area (Å²) in [7, 11) is 0. The van der Waals surface area contributed by atoms with E-state index >= 15 is 0 Å². The smallest absolute Gasteiger partial charge is 0.303 e. The molecule has 4 aliphatic rings. The van der Waals surface area contributed by atoms with E-state index in [1.54, 1.807) is 0 Å². The first kappa shape index (κ1) is 21.3. The fraction of sp³-hybridized carbons (Fsp3) is 0.783. The van der Waals surface area contributed by atoms with Crippen LogP contribution in [-0.2, 0) is 28.6 Å². The van der Waals surface area contributed by atoms with E-state index in [0.29, 0.717) is 37.2 Å². The molecule has 0 aromatic carbocycles. The number of aliphatic hydroxyl groups excluding tert-OH is 1. The van der Waals surface area contributed by atoms with Crippen molar-refractivity contribution in [2.24, 2.45) is 22.7 Å². The van der Waals surface area contributed by atoms with Crippen molar-refractivity contribution in [2.75, 3.05) is 0 Å². The largest absolute Gasteiger partial charge is 0.462 e. The minimum Gasteiger partial charge on any atom is -0.462 e. The summed E-state index contributed by atoms with van der Waals surface area (Å²) in [5.74, 6) is -0.966. The predicted molar refractivity (Wildman–Crippen MR) is 106 cm³/mol. The summed E-state index contributed by atoms with van der Waals surface area (Å²) in [6, 6.07) is 0. The van der Waals surface area contributed by atoms with Gasteiger partial charge in [0.25, 0.3) is 5.95 Å². The number of esters is 1. The number of allylic oxidation sites excluding steroid dienone is 1. The summed E-state index contributed by atoms with van der Waals surface area (Å²) >= 11 is 0. The molecule has 0 bridgehead atoms. The molecule has 4 rings (SSSR count). The Kier molecular flexibility index (Phi) is 4.66. The highest BCUT2D eigenvalue weighted by Crippen LogP contribution is 2.64. The minimum absolute atomic E-state index is 0.00243. The summed E-state index contributed by atoms with van der Waals surface area (Å²) in [6.45, 7) is 10.9. The average Bonchev–Trinajstić information content (AvgIpc) is 2.62. The number of hydrogen-bond donors (Lipinski definition) is 1. The maximum atomic E-state index is 13.6. The van der Waals surface area contributed by atoms with Gasteiger partial charge in [-0.2, -0.15) is 0 Å². The molecule has 2 aliphatic heterocycles. The number of carbonyl (C=O) groups excluding carboxylic acids is 3. The van der Waals surface area contributed by atoms with Gasteiger partial charge in [-0.3, -0.25) is 14.4 Å². The third-order valence-electron chi connectivity index (χ3n) is 8.22. The number of aliphatic hydroxyl groups is 1. The first-order valence-electron chi connectivity index (χ1n) is 10.8. The fourth-order valence-electron chi connectivity index (χ4n) is 6.77. The molecule has 1 N–H and O–H groups in total. The van der Waals surface area contributed by atoms with Crippen LogP contribution < -0.4 is 0 Å². The van der Waals surface area contributed by atoms with Crippen LogP contribution in [0.4, 0.5) is 0 Å². The van der Waals surface area contributed by atoms with Crippen molar-refractivity contribution < 1.29 is 33.7 Å². The SMILES string of the molecule is CC(=O)O[C@@H]1[C@H](O)C(=O)[C@@]2(C)[C@H](CC[C@@]3(C)OC4=C(C[C@@H]23)C(=O)C[C@@H](C)O4)C1(C)C. The molecule has 0 aromatic rings. The maximum absolute atomic E-state index is 13.6. The second kappa shape index (κ2) is 6.55. The average molecular weight is 421 g/mol. The van der Waals surface area contributed by atoms with Crippen molar-refractivity contribution in [3.05, 3.63) is 11.5 Å². The van der Waals surface area contributed by atoms with Gasteiger partial charge in [0, 0.05) is 30.1 Å². The zero-order chi connectivity index (χ0) is 22.2. The first-order valence-corrected chi connectivity index (χ1v) is 10.8. The van der Waals surface area contributed by atoms with Crippen LogP contribution in [0, 0.1) is 22.7 Å². The number of ether oxygens (including phenoxy) is 3. The summed E-state index contributed by atoms with van der Waals surface area (Å²) in [5.41, 5.74) is -1.71. The molecule has 7 nitrogen and oxygen atoms in total. The van der Waals surface area contributed by atoms with Gasteiger partial charge >= 0.3 is 5.97 Å². The summed E-state index contributed by atoms with van der Waals surface area (Å²) < 4.78 is 17.6. The topological polar surface area (TPSA) is 99.1 Å². The number of carbonyl (C=O) groups is 3. The highest BCUT2D eigenvalue weighted by Gasteiger charge is 2.69. The van der Waals surface area contributed by atoms with Crippen molar-refractivity contribution >= 4 is 17.5 Å². The quantitative estimate of drug-likeness (QED) is 0.651. The third-order valence-corrected chi connectivity index (χ3v) is 8.22. The van der Waals surface area contributed by atoms with Crippen molar-refractivity contribution in [3.63, 3.8) is 0 Å². The highest BCUT2D eigenvalue weighted by molar-refractivity contribution is 5.97. The standard InChI is InChI=1S/C23H32O7/c1-11-9-14(25)13-10-16-22(5,30-20(13)28-11)8-7-15-21(3,4)19(29-12(2)24)17(26)18(27)23(15,16)6/h11,15-17,19,26H,7-10H2,1-6H3/t11-,15-,16-,17-,19-,22-,23+/m1/s1. The van der Waals surface area contributed by atoms with Crippen LogP contribution in [0.1, 0.15) is 67.2 Å². The van der Waals surface area contributed by atoms with Crippen molar-refractivity contribution in [2.45, 2.75) is 91.1 Å². The Morgan fingerprint density at radius 3 is 2.43 bits per heavy atom. The van der Waals surface area contributed by atoms with E-state index in [2.05, 4.69) is 0 Å². The van der Waals surface area contributed by atoms with Gasteiger partial charge in [-0.25, -0.2) is 0 Å². The molecule has 7 heteroatoms. The number of fused-ring (bicyclic) bond motifs is 3. The normalized spacial score (nSPS) is 44.8. The Morgan fingerprint density at radius 1 is 1.13 bits per heavy atom. The van der Waals surface area contributed by atoms with E-state index in [0.717, 1.165) is 0 Å². The van der Waals surface area contributed by atoms with Crippen LogP contribution in [0.15, 0.2) is 11.5 Å². The third kappa shape index (κ3) is 2.77. The van der Waals surface area contributed by atoms with Gasteiger partial charge in [0.05, 0.1) is 5.57 Å². The Morgan fingerprint density at radius 2 is 1.80 bits per heavy atom. The molecule has 0 saturated heterocycles. The molecule has 0 radical (unpaired) electrons. The van der Waals surface area contributed by atoms with Crippen molar-refractivity contribution in [3.8, 4) is 0 Å². The number of Topliss-reactive ketones (excluding diaryl/α,β-unsaturated/α-hetero) is 2. The van der Waals surface area contributed by atoms with E-state index in [4.69, 9.17) is 14.2 Å². The lowest BCUT2D eigenvalue weighted by atomic mass is 9.43. The lowest BCUT2D eigenvalue weighted by molar-refractivity contribution is -0.239. The molecule has 0 aromatic heterocycles. The molecule has 2 saturated carbocycles. The molecular formula is C23H32O7. The van der Waals surface area contributed by atoms with Gasteiger partial charge in [0.1, 0.15) is 17.8 Å². The van der Waals surface area contributed by atoms with Gasteiger partial charge in [0.2, 0.25) is 0 Å². The van der Waals surface area contributed by atoms with Gasteiger partial charge in [-0.1, -0.05) is 20.8 Å². The van der Waals surface area contributed by atoms with Crippen LogP contribution in [0.25, 0.3) is 0 Å². The zero-order valence-corrected chi connectivity index (χ0v) is 18.6. The van der Waals surface area contributed by atoms with E-state index in [9.17, 15) is 19.5 Å². The summed E-state index contributed by atoms with van der Waals surface area (Å²) in [6.07, 6.45) is -0.505.